The molecule has 2 aromatic heterocycles. The lowest BCUT2D eigenvalue weighted by molar-refractivity contribution is 0.0665. The van der Waals surface area contributed by atoms with Gasteiger partial charge in [-0.15, -0.1) is 0 Å². The Bertz CT molecular complexity index is 1230. The molecule has 1 amide bonds. The van der Waals surface area contributed by atoms with Crippen molar-refractivity contribution in [2.24, 2.45) is 0 Å². The molecule has 2 aromatic carbocycles. The Morgan fingerprint density at radius 2 is 1.85 bits per heavy atom. The maximum absolute atomic E-state index is 12.2. The van der Waals surface area contributed by atoms with Crippen LogP contribution in [-0.4, -0.2) is 37.8 Å². The first-order chi connectivity index (χ1) is 15.8. The van der Waals surface area contributed by atoms with Crippen LogP contribution in [-0.2, 0) is 12.8 Å². The number of carboxylic acid groups (broad SMARTS) is 1. The lowest BCUT2D eigenvalue weighted by atomic mass is 9.95. The number of rotatable bonds is 7. The van der Waals surface area contributed by atoms with Crippen LogP contribution < -0.4 is 0 Å². The molecule has 6 heteroatoms. The fraction of sp³-hybridized carbons (Fsp3) is 0.296. The van der Waals surface area contributed by atoms with Gasteiger partial charge in [-0.25, -0.2) is 4.79 Å². The predicted molar refractivity (Wildman–Crippen MR) is 129 cm³/mol. The highest BCUT2D eigenvalue weighted by Crippen LogP contribution is 2.27. The third-order valence-corrected chi connectivity index (χ3v) is 5.83. The summed E-state index contributed by atoms with van der Waals surface area (Å²) in [4.78, 5) is 17.9. The summed E-state index contributed by atoms with van der Waals surface area (Å²) in [7, 11) is 0. The quantitative estimate of drug-likeness (QED) is 0.367. The molecule has 0 aliphatic carbocycles. The molecular formula is C27H29N3O3. The van der Waals surface area contributed by atoms with Gasteiger partial charge in [-0.2, -0.15) is 0 Å². The minimum absolute atomic E-state index is 0.188. The van der Waals surface area contributed by atoms with Gasteiger partial charge in [0, 0.05) is 47.4 Å². The SMILES string of the molecule is CC(C)(C)N(C(=O)O)[C@H](CCc1cc(-c2ccc3cnccc3c2)no1)Cc1ccccc1. The second kappa shape index (κ2) is 9.45. The average Bonchev–Trinajstić information content (AvgIpc) is 3.26. The van der Waals surface area contributed by atoms with Crippen LogP contribution in [0.4, 0.5) is 4.79 Å². The van der Waals surface area contributed by atoms with Crippen LogP contribution in [0.5, 0.6) is 0 Å². The van der Waals surface area contributed by atoms with Crippen molar-refractivity contribution < 1.29 is 14.4 Å². The van der Waals surface area contributed by atoms with E-state index >= 15 is 0 Å². The van der Waals surface area contributed by atoms with Crippen LogP contribution in [0.3, 0.4) is 0 Å². The van der Waals surface area contributed by atoms with Crippen LogP contribution in [0.15, 0.2) is 77.6 Å². The first kappa shape index (κ1) is 22.5. The summed E-state index contributed by atoms with van der Waals surface area (Å²) in [5.41, 5.74) is 2.35. The molecule has 0 saturated heterocycles. The normalized spacial score (nSPS) is 12.6. The molecule has 0 aliphatic rings. The van der Waals surface area contributed by atoms with Crippen molar-refractivity contribution in [1.82, 2.24) is 15.0 Å². The highest BCUT2D eigenvalue weighted by molar-refractivity contribution is 5.85. The topological polar surface area (TPSA) is 79.5 Å². The number of aryl methyl sites for hydroxylation is 1. The Hall–Kier alpha value is -3.67. The van der Waals surface area contributed by atoms with Crippen LogP contribution >= 0.6 is 0 Å². The summed E-state index contributed by atoms with van der Waals surface area (Å²) in [5.74, 6) is 0.747. The summed E-state index contributed by atoms with van der Waals surface area (Å²) in [6.07, 6.45) is 4.58. The van der Waals surface area contributed by atoms with Crippen LogP contribution in [0, 0.1) is 0 Å². The zero-order valence-corrected chi connectivity index (χ0v) is 19.2. The molecule has 0 saturated carbocycles. The van der Waals surface area contributed by atoms with Crippen molar-refractivity contribution in [2.75, 3.05) is 0 Å². The third kappa shape index (κ3) is 5.40. The van der Waals surface area contributed by atoms with Gasteiger partial charge in [0.15, 0.2) is 0 Å². The molecule has 0 radical (unpaired) electrons. The van der Waals surface area contributed by atoms with Gasteiger partial charge < -0.3 is 14.5 Å². The largest absolute Gasteiger partial charge is 0.465 e. The average molecular weight is 444 g/mol. The van der Waals surface area contributed by atoms with E-state index in [4.69, 9.17) is 4.52 Å². The Kier molecular flexibility index (Phi) is 6.45. The van der Waals surface area contributed by atoms with Crippen molar-refractivity contribution in [3.05, 3.63) is 84.4 Å². The summed E-state index contributed by atoms with van der Waals surface area (Å²) in [6, 6.07) is 19.9. The first-order valence-corrected chi connectivity index (χ1v) is 11.2. The maximum atomic E-state index is 12.2. The highest BCUT2D eigenvalue weighted by atomic mass is 16.5. The number of fused-ring (bicyclic) bond motifs is 1. The van der Waals surface area contributed by atoms with Crippen molar-refractivity contribution in [2.45, 2.75) is 51.6 Å². The molecule has 4 aromatic rings. The zero-order valence-electron chi connectivity index (χ0n) is 19.2. The Balaban J connectivity index is 1.53. The standard InChI is InChI=1S/C27H29N3O3/c1-27(2,3)30(26(31)32)23(15-19-7-5-4-6-8-19)11-12-24-17-25(29-33-24)21-9-10-22-18-28-14-13-20(22)16-21/h4-10,13-14,16-18,23H,11-12,15H2,1-3H3,(H,31,32)/t23-/m1/s1. The van der Waals surface area contributed by atoms with Gasteiger partial charge >= 0.3 is 6.09 Å². The fourth-order valence-corrected chi connectivity index (χ4v) is 4.32. The first-order valence-electron chi connectivity index (χ1n) is 11.2. The molecule has 0 unspecified atom stereocenters. The van der Waals surface area contributed by atoms with Gasteiger partial charge in [0.2, 0.25) is 0 Å². The molecule has 0 aliphatic heterocycles. The number of aromatic nitrogens is 2. The van der Waals surface area contributed by atoms with E-state index in [9.17, 15) is 9.90 Å². The molecule has 0 spiro atoms. The molecule has 170 valence electrons. The van der Waals surface area contributed by atoms with Crippen molar-refractivity contribution in [3.8, 4) is 11.3 Å². The van der Waals surface area contributed by atoms with E-state index in [0.29, 0.717) is 19.3 Å². The number of pyridine rings is 1. The van der Waals surface area contributed by atoms with Gasteiger partial charge in [0.05, 0.1) is 0 Å². The monoisotopic (exact) mass is 443 g/mol. The van der Waals surface area contributed by atoms with E-state index in [0.717, 1.165) is 33.4 Å². The van der Waals surface area contributed by atoms with E-state index in [2.05, 4.69) is 16.2 Å². The lowest BCUT2D eigenvalue weighted by Gasteiger charge is -2.40. The number of hydrogen-bond donors (Lipinski definition) is 1. The van der Waals surface area contributed by atoms with Gasteiger partial charge in [-0.3, -0.25) is 4.98 Å². The van der Waals surface area contributed by atoms with Gasteiger partial charge in [0.1, 0.15) is 11.5 Å². The van der Waals surface area contributed by atoms with Crippen LogP contribution in [0.25, 0.3) is 22.0 Å². The Labute approximate surface area is 193 Å². The smallest absolute Gasteiger partial charge is 0.407 e. The number of benzene rings is 2. The third-order valence-electron chi connectivity index (χ3n) is 5.83. The van der Waals surface area contributed by atoms with E-state index in [-0.39, 0.29) is 6.04 Å². The van der Waals surface area contributed by atoms with Crippen molar-refractivity contribution in [3.63, 3.8) is 0 Å². The predicted octanol–water partition coefficient (Wildman–Crippen LogP) is 6.21. The van der Waals surface area contributed by atoms with Crippen LogP contribution in [0.1, 0.15) is 38.5 Å². The second-order valence-corrected chi connectivity index (χ2v) is 9.32. The number of nitrogens with zero attached hydrogens (tertiary/aromatic N) is 3. The minimum atomic E-state index is -0.910. The van der Waals surface area contributed by atoms with Crippen molar-refractivity contribution in [1.29, 1.82) is 0 Å². The summed E-state index contributed by atoms with van der Waals surface area (Å²) in [5, 5.41) is 16.4. The van der Waals surface area contributed by atoms with E-state index in [1.54, 1.807) is 11.1 Å². The molecule has 33 heavy (non-hydrogen) atoms. The van der Waals surface area contributed by atoms with E-state index < -0.39 is 11.6 Å². The molecule has 6 nitrogen and oxygen atoms in total. The Morgan fingerprint density at radius 3 is 2.58 bits per heavy atom. The molecule has 1 atom stereocenters. The summed E-state index contributed by atoms with van der Waals surface area (Å²) >= 11 is 0. The second-order valence-electron chi connectivity index (χ2n) is 9.32. The van der Waals surface area contributed by atoms with Gasteiger partial charge in [-0.05, 0) is 56.7 Å². The molecule has 0 fully saturated rings. The number of carbonyl (C=O) groups is 1. The van der Waals surface area contributed by atoms with Crippen LogP contribution in [0.2, 0.25) is 0 Å². The fourth-order valence-electron chi connectivity index (χ4n) is 4.32. The number of amides is 1. The minimum Gasteiger partial charge on any atom is -0.465 e. The molecule has 4 rings (SSSR count). The molecule has 0 bridgehead atoms. The molecule has 2 heterocycles. The van der Waals surface area contributed by atoms with Gasteiger partial charge in [0.25, 0.3) is 0 Å². The molecule has 1 N–H and O–H groups in total. The highest BCUT2D eigenvalue weighted by Gasteiger charge is 2.33. The van der Waals surface area contributed by atoms with E-state index in [1.165, 1.54) is 0 Å². The van der Waals surface area contributed by atoms with Crippen molar-refractivity contribution >= 4 is 16.9 Å². The van der Waals surface area contributed by atoms with E-state index in [1.807, 2.05) is 81.6 Å². The lowest BCUT2D eigenvalue weighted by Crippen LogP contribution is -2.52. The molecular weight excluding hydrogens is 414 g/mol. The zero-order chi connectivity index (χ0) is 23.4. The maximum Gasteiger partial charge on any atom is 0.407 e. The van der Waals surface area contributed by atoms with Gasteiger partial charge in [-0.1, -0.05) is 47.6 Å². The summed E-state index contributed by atoms with van der Waals surface area (Å²) in [6.45, 7) is 5.79. The summed E-state index contributed by atoms with van der Waals surface area (Å²) < 4.78 is 5.63. The number of hydrogen-bond acceptors (Lipinski definition) is 4. The Morgan fingerprint density at radius 1 is 1.06 bits per heavy atom.